The molecule has 2 heterocycles. The van der Waals surface area contributed by atoms with Gasteiger partial charge in [-0.1, -0.05) is 44.4 Å². The number of methoxy groups -OCH3 is 1. The fourth-order valence-electron chi connectivity index (χ4n) is 4.96. The third kappa shape index (κ3) is 6.30. The number of ether oxygens (including phenoxy) is 2. The summed E-state index contributed by atoms with van der Waals surface area (Å²) < 4.78 is 13.5. The van der Waals surface area contributed by atoms with Crippen LogP contribution in [0.3, 0.4) is 0 Å². The van der Waals surface area contributed by atoms with E-state index in [4.69, 9.17) is 20.2 Å². The van der Waals surface area contributed by atoms with Gasteiger partial charge in [-0.15, -0.1) is 0 Å². The van der Waals surface area contributed by atoms with E-state index in [0.29, 0.717) is 51.1 Å². The van der Waals surface area contributed by atoms with Crippen LogP contribution in [0.1, 0.15) is 51.3 Å². The Hall–Kier alpha value is -2.71. The summed E-state index contributed by atoms with van der Waals surface area (Å²) in [6, 6.07) is 8.01. The minimum atomic E-state index is 0.213. The number of pyridine rings is 1. The summed E-state index contributed by atoms with van der Waals surface area (Å²) in [4.78, 5) is 21.7. The molecule has 0 radical (unpaired) electrons. The van der Waals surface area contributed by atoms with E-state index in [1.807, 2.05) is 18.2 Å². The average Bonchev–Trinajstić information content (AvgIpc) is 3.25. The molecule has 8 heteroatoms. The predicted octanol–water partition coefficient (Wildman–Crippen LogP) is 4.09. The van der Waals surface area contributed by atoms with Gasteiger partial charge in [0, 0.05) is 44.5 Å². The number of fused-ring (bicyclic) bond motifs is 3. The number of amides is 1. The van der Waals surface area contributed by atoms with Crippen molar-refractivity contribution in [2.24, 2.45) is 11.8 Å². The number of para-hydroxylation sites is 1. The predicted molar refractivity (Wildman–Crippen MR) is 139 cm³/mol. The molecule has 1 saturated carbocycles. The molecule has 1 atom stereocenters. The molecule has 0 aliphatic heterocycles. The number of rotatable bonds is 12. The largest absolute Gasteiger partial charge is 0.384 e. The monoisotopic (exact) mass is 481 g/mol. The van der Waals surface area contributed by atoms with Crippen molar-refractivity contribution in [2.45, 2.75) is 58.4 Å². The number of nitrogens with two attached hydrogens (primary N) is 1. The zero-order valence-corrected chi connectivity index (χ0v) is 21.1. The van der Waals surface area contributed by atoms with E-state index in [2.05, 4.69) is 27.9 Å². The molecule has 8 nitrogen and oxygen atoms in total. The van der Waals surface area contributed by atoms with Crippen LogP contribution in [0.15, 0.2) is 24.3 Å². The fraction of sp³-hybridized carbons (Fsp3) is 0.593. The Morgan fingerprint density at radius 1 is 1.17 bits per heavy atom. The van der Waals surface area contributed by atoms with Crippen molar-refractivity contribution in [3.8, 4) is 0 Å². The maximum atomic E-state index is 12.4. The van der Waals surface area contributed by atoms with Crippen LogP contribution < -0.4 is 11.1 Å². The average molecular weight is 482 g/mol. The van der Waals surface area contributed by atoms with Gasteiger partial charge in [-0.25, -0.2) is 9.97 Å². The molecule has 0 saturated heterocycles. The van der Waals surface area contributed by atoms with Crippen LogP contribution in [0.25, 0.3) is 21.9 Å². The number of hydrogen-bond acceptors (Lipinski definition) is 6. The van der Waals surface area contributed by atoms with E-state index in [0.717, 1.165) is 47.0 Å². The zero-order chi connectivity index (χ0) is 24.6. The molecule has 3 N–H and O–H groups in total. The number of aromatic nitrogens is 3. The zero-order valence-electron chi connectivity index (χ0n) is 21.1. The summed E-state index contributed by atoms with van der Waals surface area (Å²) in [5, 5.41) is 4.19. The molecular weight excluding hydrogens is 442 g/mol. The fourth-order valence-corrected chi connectivity index (χ4v) is 4.96. The van der Waals surface area contributed by atoms with Crippen molar-refractivity contribution in [3.05, 3.63) is 30.1 Å². The van der Waals surface area contributed by atoms with Gasteiger partial charge in [0.1, 0.15) is 11.3 Å². The lowest BCUT2D eigenvalue weighted by molar-refractivity contribution is -0.126. The molecule has 3 aromatic rings. The standard InChI is InChI=1S/C27H39N5O3/c1-19(18-29-27(33)20-8-4-3-5-9-20)12-16-35-17-14-32-23(13-15-34-2)31-24-25(32)21-10-6-7-11-22(21)30-26(24)28/h6-7,10-11,19-20H,3-5,8-9,12-18H2,1-2H3,(H2,28,30)(H,29,33). The highest BCUT2D eigenvalue weighted by atomic mass is 16.5. The van der Waals surface area contributed by atoms with Crippen LogP contribution in [0, 0.1) is 11.8 Å². The first-order chi connectivity index (χ1) is 17.1. The summed E-state index contributed by atoms with van der Waals surface area (Å²) in [5.74, 6) is 2.19. The number of benzene rings is 1. The van der Waals surface area contributed by atoms with Gasteiger partial charge in [0.25, 0.3) is 0 Å². The molecule has 190 valence electrons. The maximum Gasteiger partial charge on any atom is 0.223 e. The molecule has 1 aromatic carbocycles. The van der Waals surface area contributed by atoms with E-state index in [1.54, 1.807) is 7.11 Å². The van der Waals surface area contributed by atoms with Gasteiger partial charge in [0.05, 0.1) is 24.2 Å². The molecule has 2 aromatic heterocycles. The molecule has 35 heavy (non-hydrogen) atoms. The van der Waals surface area contributed by atoms with E-state index in [-0.39, 0.29) is 11.8 Å². The Morgan fingerprint density at radius 2 is 1.97 bits per heavy atom. The van der Waals surface area contributed by atoms with E-state index in [1.165, 1.54) is 19.3 Å². The summed E-state index contributed by atoms with van der Waals surface area (Å²) in [6.45, 7) is 5.37. The summed E-state index contributed by atoms with van der Waals surface area (Å²) in [5.41, 5.74) is 8.86. The lowest BCUT2D eigenvalue weighted by Gasteiger charge is -2.22. The van der Waals surface area contributed by atoms with Gasteiger partial charge >= 0.3 is 0 Å². The number of carbonyl (C=O) groups excluding carboxylic acids is 1. The minimum absolute atomic E-state index is 0.213. The van der Waals surface area contributed by atoms with E-state index < -0.39 is 0 Å². The highest BCUT2D eigenvalue weighted by Gasteiger charge is 2.21. The second kappa shape index (κ2) is 12.3. The van der Waals surface area contributed by atoms with Gasteiger partial charge in [0.15, 0.2) is 5.82 Å². The number of anilines is 1. The first kappa shape index (κ1) is 25.4. The summed E-state index contributed by atoms with van der Waals surface area (Å²) in [6.07, 6.45) is 7.30. The molecule has 0 spiro atoms. The Kier molecular flexibility index (Phi) is 8.93. The van der Waals surface area contributed by atoms with Crippen molar-refractivity contribution in [2.75, 3.05) is 39.2 Å². The topological polar surface area (TPSA) is 104 Å². The first-order valence-electron chi connectivity index (χ1n) is 13.0. The lowest BCUT2D eigenvalue weighted by atomic mass is 9.88. The number of nitrogens with one attached hydrogen (secondary N) is 1. The molecule has 1 aliphatic rings. The highest BCUT2D eigenvalue weighted by molar-refractivity contribution is 6.06. The van der Waals surface area contributed by atoms with Gasteiger partial charge in [0.2, 0.25) is 5.91 Å². The van der Waals surface area contributed by atoms with Gasteiger partial charge in [-0.05, 0) is 31.2 Å². The van der Waals surface area contributed by atoms with E-state index >= 15 is 0 Å². The second-order valence-electron chi connectivity index (χ2n) is 9.72. The van der Waals surface area contributed by atoms with Crippen molar-refractivity contribution < 1.29 is 14.3 Å². The van der Waals surface area contributed by atoms with Crippen LogP contribution in [0.4, 0.5) is 5.82 Å². The maximum absolute atomic E-state index is 12.4. The van der Waals surface area contributed by atoms with Crippen LogP contribution in [-0.4, -0.2) is 53.9 Å². The molecule has 0 bridgehead atoms. The Bertz CT molecular complexity index is 1120. The van der Waals surface area contributed by atoms with Gasteiger partial charge in [-0.3, -0.25) is 4.79 Å². The first-order valence-corrected chi connectivity index (χ1v) is 13.0. The van der Waals surface area contributed by atoms with Crippen molar-refractivity contribution in [1.82, 2.24) is 19.9 Å². The highest BCUT2D eigenvalue weighted by Crippen LogP contribution is 2.29. The van der Waals surface area contributed by atoms with Crippen molar-refractivity contribution in [3.63, 3.8) is 0 Å². The summed E-state index contributed by atoms with van der Waals surface area (Å²) >= 11 is 0. The number of carbonyl (C=O) groups is 1. The molecule has 1 amide bonds. The van der Waals surface area contributed by atoms with Crippen molar-refractivity contribution >= 4 is 33.7 Å². The number of imidazole rings is 1. The SMILES string of the molecule is COCCc1nc2c(N)nc3ccccc3c2n1CCOCCC(C)CNC(=O)C1CCCCC1. The molecule has 1 unspecified atom stereocenters. The summed E-state index contributed by atoms with van der Waals surface area (Å²) in [7, 11) is 1.69. The van der Waals surface area contributed by atoms with Crippen LogP contribution in [0.5, 0.6) is 0 Å². The second-order valence-corrected chi connectivity index (χ2v) is 9.72. The quantitative estimate of drug-likeness (QED) is 0.378. The van der Waals surface area contributed by atoms with Crippen LogP contribution in [-0.2, 0) is 27.2 Å². The minimum Gasteiger partial charge on any atom is -0.384 e. The molecule has 4 rings (SSSR count). The Morgan fingerprint density at radius 3 is 2.77 bits per heavy atom. The molecule has 1 fully saturated rings. The number of hydrogen-bond donors (Lipinski definition) is 2. The van der Waals surface area contributed by atoms with Gasteiger partial charge < -0.3 is 25.1 Å². The molecular formula is C27H39N5O3. The third-order valence-electron chi connectivity index (χ3n) is 7.03. The number of nitrogen functional groups attached to an aromatic ring is 1. The Balaban J connectivity index is 1.32. The van der Waals surface area contributed by atoms with E-state index in [9.17, 15) is 4.79 Å². The molecule has 1 aliphatic carbocycles. The van der Waals surface area contributed by atoms with Crippen molar-refractivity contribution in [1.29, 1.82) is 0 Å². The normalized spacial score (nSPS) is 15.6. The lowest BCUT2D eigenvalue weighted by Crippen LogP contribution is -2.35. The van der Waals surface area contributed by atoms with Crippen LogP contribution >= 0.6 is 0 Å². The van der Waals surface area contributed by atoms with Crippen LogP contribution in [0.2, 0.25) is 0 Å². The smallest absolute Gasteiger partial charge is 0.223 e. The third-order valence-corrected chi connectivity index (χ3v) is 7.03. The Labute approximate surface area is 207 Å². The number of nitrogens with zero attached hydrogens (tertiary/aromatic N) is 3. The van der Waals surface area contributed by atoms with Gasteiger partial charge in [-0.2, -0.15) is 0 Å².